The molecule has 1 unspecified atom stereocenters. The van der Waals surface area contributed by atoms with Gasteiger partial charge in [-0.05, 0) is 0 Å². The lowest BCUT2D eigenvalue weighted by Gasteiger charge is -2.18. The topological polar surface area (TPSA) is 51.8 Å². The van der Waals surface area contributed by atoms with Crippen LogP contribution in [0.15, 0.2) is 9.98 Å². The molecule has 0 saturated carbocycles. The van der Waals surface area contributed by atoms with E-state index in [0.29, 0.717) is 0 Å². The Labute approximate surface area is 84.6 Å². The first kappa shape index (κ1) is 10.7. The zero-order valence-corrected chi connectivity index (χ0v) is 9.04. The maximum absolute atomic E-state index is 4.45. The lowest BCUT2D eigenvalue weighted by atomic mass is 10.3. The van der Waals surface area contributed by atoms with Crippen LogP contribution in [0.3, 0.4) is 0 Å². The maximum Gasteiger partial charge on any atom is 0.395 e. The minimum atomic E-state index is 0.110. The van der Waals surface area contributed by atoms with Gasteiger partial charge in [0.05, 0.1) is 7.05 Å². The third-order valence-corrected chi connectivity index (χ3v) is 1.96. The van der Waals surface area contributed by atoms with E-state index < -0.39 is 0 Å². The third-order valence-electron chi connectivity index (χ3n) is 1.96. The molecule has 0 aliphatic carbocycles. The van der Waals surface area contributed by atoms with E-state index in [-0.39, 0.29) is 6.17 Å². The van der Waals surface area contributed by atoms with Gasteiger partial charge in [-0.15, -0.1) is 0 Å². The molecule has 1 aliphatic rings. The summed E-state index contributed by atoms with van der Waals surface area (Å²) in [6.45, 7) is 5.92. The molecule has 1 rings (SSSR count). The van der Waals surface area contributed by atoms with E-state index in [1.165, 1.54) is 0 Å². The Bertz CT molecular complexity index is 279. The molecule has 2 N–H and O–H groups in total. The van der Waals surface area contributed by atoms with E-state index in [1.54, 1.807) is 11.6 Å². The number of aliphatic imine (C=N–C) groups is 2. The second kappa shape index (κ2) is 4.74. The summed E-state index contributed by atoms with van der Waals surface area (Å²) in [5, 5.41) is 6.23. The molecule has 1 heterocycles. The minimum Gasteiger partial charge on any atom is -0.308 e. The Morgan fingerprint density at radius 2 is 2.36 bits per heavy atom. The van der Waals surface area contributed by atoms with Crippen molar-refractivity contribution in [2.45, 2.75) is 25.9 Å². The van der Waals surface area contributed by atoms with Gasteiger partial charge < -0.3 is 5.32 Å². The molecule has 0 amide bonds. The van der Waals surface area contributed by atoms with Gasteiger partial charge in [-0.3, -0.25) is 0 Å². The first-order chi connectivity index (χ1) is 6.67. The summed E-state index contributed by atoms with van der Waals surface area (Å²) >= 11 is 0. The summed E-state index contributed by atoms with van der Waals surface area (Å²) in [5.41, 5.74) is 0. The quantitative estimate of drug-likeness (QED) is 0.482. The minimum absolute atomic E-state index is 0.110. The molecule has 0 aromatic heterocycles. The van der Waals surface area contributed by atoms with Crippen LogP contribution in [0.1, 0.15) is 19.8 Å². The van der Waals surface area contributed by atoms with Gasteiger partial charge in [0.1, 0.15) is 0 Å². The Morgan fingerprint density at radius 3 is 2.86 bits per heavy atom. The molecule has 14 heavy (non-hydrogen) atoms. The van der Waals surface area contributed by atoms with E-state index in [0.717, 1.165) is 24.8 Å². The van der Waals surface area contributed by atoms with Crippen LogP contribution in [0.2, 0.25) is 0 Å². The summed E-state index contributed by atoms with van der Waals surface area (Å²) in [5.74, 6) is 1.51. The zero-order valence-electron chi connectivity index (χ0n) is 9.04. The van der Waals surface area contributed by atoms with Crippen molar-refractivity contribution in [3.05, 3.63) is 0 Å². The Balaban J connectivity index is 2.79. The fourth-order valence-corrected chi connectivity index (χ4v) is 1.24. The van der Waals surface area contributed by atoms with Gasteiger partial charge in [0.2, 0.25) is 0 Å². The molecule has 0 aromatic carbocycles. The van der Waals surface area contributed by atoms with Gasteiger partial charge in [-0.2, -0.15) is 0 Å². The van der Waals surface area contributed by atoms with E-state index in [9.17, 15) is 0 Å². The molecular weight excluding hydrogens is 178 g/mol. The molecule has 1 aliphatic heterocycles. The highest BCUT2D eigenvalue weighted by atomic mass is 15.4. The maximum atomic E-state index is 4.45. The monoisotopic (exact) mass is 196 g/mol. The van der Waals surface area contributed by atoms with Crippen LogP contribution in [0, 0.1) is 0 Å². The lowest BCUT2D eigenvalue weighted by molar-refractivity contribution is -0.365. The average molecular weight is 196 g/mol. The molecule has 0 fully saturated rings. The molecule has 0 saturated heterocycles. The SMILES string of the molecule is C=[N+](C)C1=NC(CCC)NC(=NC)N1. The first-order valence-corrected chi connectivity index (χ1v) is 4.79. The van der Waals surface area contributed by atoms with Crippen molar-refractivity contribution in [3.8, 4) is 0 Å². The van der Waals surface area contributed by atoms with E-state index >= 15 is 0 Å². The van der Waals surface area contributed by atoms with Gasteiger partial charge in [0, 0.05) is 20.2 Å². The smallest absolute Gasteiger partial charge is 0.308 e. The van der Waals surface area contributed by atoms with E-state index in [4.69, 9.17) is 0 Å². The van der Waals surface area contributed by atoms with Crippen molar-refractivity contribution in [3.63, 3.8) is 0 Å². The molecule has 0 spiro atoms. The fourth-order valence-electron chi connectivity index (χ4n) is 1.24. The number of nitrogens with one attached hydrogen (secondary N) is 2. The highest BCUT2D eigenvalue weighted by Crippen LogP contribution is 2.01. The van der Waals surface area contributed by atoms with Crippen LogP contribution in [0.25, 0.3) is 0 Å². The Morgan fingerprint density at radius 1 is 1.64 bits per heavy atom. The predicted octanol–water partition coefficient (Wildman–Crippen LogP) is -0.00990. The van der Waals surface area contributed by atoms with Gasteiger partial charge in [-0.1, -0.05) is 18.3 Å². The Kier molecular flexibility index (Phi) is 3.62. The zero-order chi connectivity index (χ0) is 10.6. The van der Waals surface area contributed by atoms with Crippen LogP contribution >= 0.6 is 0 Å². The number of rotatable bonds is 2. The summed E-state index contributed by atoms with van der Waals surface area (Å²) in [7, 11) is 3.60. The number of hydrogen-bond acceptors (Lipinski definition) is 2. The van der Waals surface area contributed by atoms with Crippen molar-refractivity contribution in [1.29, 1.82) is 0 Å². The molecule has 0 aromatic rings. The highest BCUT2D eigenvalue weighted by Gasteiger charge is 2.25. The molecule has 5 heteroatoms. The summed E-state index contributed by atoms with van der Waals surface area (Å²) in [6, 6.07) is 0. The van der Waals surface area contributed by atoms with Crippen LogP contribution in [0.4, 0.5) is 0 Å². The average Bonchev–Trinajstić information content (AvgIpc) is 2.17. The van der Waals surface area contributed by atoms with E-state index in [1.807, 2.05) is 7.05 Å². The molecule has 5 nitrogen and oxygen atoms in total. The number of nitrogens with zero attached hydrogens (tertiary/aromatic N) is 3. The van der Waals surface area contributed by atoms with E-state index in [2.05, 4.69) is 34.3 Å². The van der Waals surface area contributed by atoms with Crippen molar-refractivity contribution >= 4 is 18.6 Å². The largest absolute Gasteiger partial charge is 0.395 e. The van der Waals surface area contributed by atoms with Crippen LogP contribution < -0.4 is 10.6 Å². The van der Waals surface area contributed by atoms with Gasteiger partial charge in [-0.25, -0.2) is 14.9 Å². The fraction of sp³-hybridized carbons (Fsp3) is 0.667. The lowest BCUT2D eigenvalue weighted by Crippen LogP contribution is -2.53. The predicted molar refractivity (Wildman–Crippen MR) is 59.1 cm³/mol. The van der Waals surface area contributed by atoms with Crippen LogP contribution in [0.5, 0.6) is 0 Å². The summed E-state index contributed by atoms with van der Waals surface area (Å²) in [4.78, 5) is 8.52. The van der Waals surface area contributed by atoms with Gasteiger partial charge in [0.15, 0.2) is 6.17 Å². The second-order valence-corrected chi connectivity index (χ2v) is 3.30. The normalized spacial score (nSPS) is 23.8. The summed E-state index contributed by atoms with van der Waals surface area (Å²) < 4.78 is 1.70. The molecule has 1 atom stereocenters. The first-order valence-electron chi connectivity index (χ1n) is 4.79. The number of hydrogen-bond donors (Lipinski definition) is 2. The van der Waals surface area contributed by atoms with Crippen molar-refractivity contribution in [1.82, 2.24) is 10.6 Å². The highest BCUT2D eigenvalue weighted by molar-refractivity contribution is 5.97. The summed E-state index contributed by atoms with van der Waals surface area (Å²) in [6.07, 6.45) is 2.20. The molecule has 0 bridgehead atoms. The third kappa shape index (κ3) is 2.55. The van der Waals surface area contributed by atoms with Crippen LogP contribution in [-0.2, 0) is 0 Å². The van der Waals surface area contributed by atoms with Crippen molar-refractivity contribution in [2.24, 2.45) is 9.98 Å². The standard InChI is InChI=1S/C9H18N5/c1-5-6-7-11-8(10-2)13-9(12-7)14(3)4/h7H,3,5-6H2,1-2,4H3,(H2,10,11,12,13)/q+1. The van der Waals surface area contributed by atoms with Crippen molar-refractivity contribution in [2.75, 3.05) is 14.1 Å². The van der Waals surface area contributed by atoms with Gasteiger partial charge >= 0.3 is 5.96 Å². The van der Waals surface area contributed by atoms with Crippen LogP contribution in [-0.4, -0.2) is 43.5 Å². The number of guanidine groups is 2. The molecule has 0 radical (unpaired) electrons. The molecule has 78 valence electrons. The van der Waals surface area contributed by atoms with Crippen molar-refractivity contribution < 1.29 is 4.58 Å². The molecular formula is C9H18N5+. The Hall–Kier alpha value is -1.39. The second-order valence-electron chi connectivity index (χ2n) is 3.30. The van der Waals surface area contributed by atoms with Gasteiger partial charge in [0.25, 0.3) is 5.96 Å².